The fraction of sp³-hybridized carbons (Fsp3) is 0.214. The van der Waals surface area contributed by atoms with Crippen LogP contribution in [0.15, 0.2) is 47.2 Å². The molecular weight excluding hydrogens is 304 g/mol. The number of nitrogen functional groups attached to an aromatic ring is 1. The van der Waals surface area contributed by atoms with Crippen LogP contribution in [0.2, 0.25) is 0 Å². The summed E-state index contributed by atoms with van der Waals surface area (Å²) in [5.74, 6) is 5.63. The lowest BCUT2D eigenvalue weighted by Gasteiger charge is -2.17. The molecule has 1 aromatic carbocycles. The van der Waals surface area contributed by atoms with Crippen molar-refractivity contribution in [1.29, 1.82) is 0 Å². The van der Waals surface area contributed by atoms with Crippen molar-refractivity contribution >= 4 is 21.6 Å². The van der Waals surface area contributed by atoms with Crippen LogP contribution in [0.4, 0.5) is 5.69 Å². The lowest BCUT2D eigenvalue weighted by molar-refractivity contribution is 0.522. The van der Waals surface area contributed by atoms with Crippen molar-refractivity contribution < 1.29 is 0 Å². The van der Waals surface area contributed by atoms with Crippen LogP contribution in [0.5, 0.6) is 0 Å². The Morgan fingerprint density at radius 3 is 2.79 bits per heavy atom. The SMILES string of the molecule is NNC(Cc1cccc(Br)c1)Cc1cnccc1N. The molecule has 0 amide bonds. The number of hydrogen-bond donors (Lipinski definition) is 3. The van der Waals surface area contributed by atoms with Gasteiger partial charge in [-0.05, 0) is 42.2 Å². The van der Waals surface area contributed by atoms with Crippen molar-refractivity contribution in [2.24, 2.45) is 5.84 Å². The van der Waals surface area contributed by atoms with Gasteiger partial charge in [0.2, 0.25) is 0 Å². The predicted octanol–water partition coefficient (Wildman–Crippen LogP) is 2.04. The molecule has 2 rings (SSSR count). The second-order valence-electron chi connectivity index (χ2n) is 4.48. The minimum atomic E-state index is 0.126. The molecule has 0 aliphatic carbocycles. The van der Waals surface area contributed by atoms with E-state index in [-0.39, 0.29) is 6.04 Å². The van der Waals surface area contributed by atoms with Crippen LogP contribution < -0.4 is 17.0 Å². The number of hydrogen-bond acceptors (Lipinski definition) is 4. The van der Waals surface area contributed by atoms with E-state index in [0.717, 1.165) is 28.6 Å². The average Bonchev–Trinajstić information content (AvgIpc) is 2.40. The van der Waals surface area contributed by atoms with Gasteiger partial charge in [-0.3, -0.25) is 16.3 Å². The summed E-state index contributed by atoms with van der Waals surface area (Å²) in [5, 5.41) is 0. The number of halogens is 1. The van der Waals surface area contributed by atoms with Gasteiger partial charge in [0.15, 0.2) is 0 Å². The van der Waals surface area contributed by atoms with Gasteiger partial charge in [0.25, 0.3) is 0 Å². The van der Waals surface area contributed by atoms with Crippen molar-refractivity contribution in [3.05, 3.63) is 58.3 Å². The summed E-state index contributed by atoms with van der Waals surface area (Å²) in [7, 11) is 0. The first-order valence-electron chi connectivity index (χ1n) is 6.08. The number of pyridine rings is 1. The Morgan fingerprint density at radius 2 is 2.11 bits per heavy atom. The molecule has 0 saturated heterocycles. The predicted molar refractivity (Wildman–Crippen MR) is 81.3 cm³/mol. The second kappa shape index (κ2) is 6.65. The smallest absolute Gasteiger partial charge is 0.0378 e. The van der Waals surface area contributed by atoms with E-state index in [4.69, 9.17) is 11.6 Å². The molecular formula is C14H17BrN4. The molecule has 19 heavy (non-hydrogen) atoms. The van der Waals surface area contributed by atoms with Crippen molar-refractivity contribution in [3.63, 3.8) is 0 Å². The zero-order valence-electron chi connectivity index (χ0n) is 10.5. The van der Waals surface area contributed by atoms with E-state index in [1.165, 1.54) is 5.56 Å². The maximum Gasteiger partial charge on any atom is 0.0378 e. The van der Waals surface area contributed by atoms with Gasteiger partial charge in [0.05, 0.1) is 0 Å². The molecule has 1 aromatic heterocycles. The molecule has 0 spiro atoms. The maximum absolute atomic E-state index is 5.92. The highest BCUT2D eigenvalue weighted by Crippen LogP contribution is 2.16. The van der Waals surface area contributed by atoms with Crippen LogP contribution >= 0.6 is 15.9 Å². The molecule has 5 N–H and O–H groups in total. The monoisotopic (exact) mass is 320 g/mol. The normalized spacial score (nSPS) is 12.3. The summed E-state index contributed by atoms with van der Waals surface area (Å²) in [5.41, 5.74) is 11.8. The maximum atomic E-state index is 5.92. The van der Waals surface area contributed by atoms with Crippen LogP contribution in [0.25, 0.3) is 0 Å². The third-order valence-corrected chi connectivity index (χ3v) is 3.51. The first-order chi connectivity index (χ1) is 9.19. The molecule has 0 saturated carbocycles. The molecule has 1 atom stereocenters. The summed E-state index contributed by atoms with van der Waals surface area (Å²) in [6.45, 7) is 0. The van der Waals surface area contributed by atoms with Gasteiger partial charge in [-0.25, -0.2) is 0 Å². The minimum absolute atomic E-state index is 0.126. The number of hydrazine groups is 1. The van der Waals surface area contributed by atoms with Gasteiger partial charge in [-0.2, -0.15) is 0 Å². The number of nitrogens with one attached hydrogen (secondary N) is 1. The average molecular weight is 321 g/mol. The topological polar surface area (TPSA) is 77.0 Å². The van der Waals surface area contributed by atoms with Gasteiger partial charge in [0.1, 0.15) is 0 Å². The van der Waals surface area contributed by atoms with Crippen molar-refractivity contribution in [2.75, 3.05) is 5.73 Å². The molecule has 2 aromatic rings. The summed E-state index contributed by atoms with van der Waals surface area (Å²) in [6, 6.07) is 10.1. The number of aromatic nitrogens is 1. The first kappa shape index (κ1) is 14.0. The van der Waals surface area contributed by atoms with Crippen LogP contribution in [0.3, 0.4) is 0 Å². The Kier molecular flexibility index (Phi) is 4.90. The third-order valence-electron chi connectivity index (χ3n) is 3.01. The number of nitrogens with zero attached hydrogens (tertiary/aromatic N) is 1. The zero-order valence-corrected chi connectivity index (χ0v) is 12.1. The Balaban J connectivity index is 2.07. The highest BCUT2D eigenvalue weighted by molar-refractivity contribution is 9.10. The van der Waals surface area contributed by atoms with Crippen LogP contribution in [-0.4, -0.2) is 11.0 Å². The summed E-state index contributed by atoms with van der Waals surface area (Å²) >= 11 is 3.47. The van der Waals surface area contributed by atoms with Gasteiger partial charge in [0, 0.05) is 28.6 Å². The number of rotatable bonds is 5. The molecule has 100 valence electrons. The summed E-state index contributed by atoms with van der Waals surface area (Å²) in [6.07, 6.45) is 5.07. The van der Waals surface area contributed by atoms with Gasteiger partial charge in [-0.15, -0.1) is 0 Å². The minimum Gasteiger partial charge on any atom is -0.398 e. The lowest BCUT2D eigenvalue weighted by Crippen LogP contribution is -2.38. The molecule has 0 radical (unpaired) electrons. The van der Waals surface area contributed by atoms with E-state index in [2.05, 4.69) is 38.5 Å². The van der Waals surface area contributed by atoms with E-state index >= 15 is 0 Å². The molecule has 0 bridgehead atoms. The van der Waals surface area contributed by atoms with Crippen LogP contribution in [-0.2, 0) is 12.8 Å². The first-order valence-corrected chi connectivity index (χ1v) is 6.87. The van der Waals surface area contributed by atoms with Crippen LogP contribution in [0, 0.1) is 0 Å². The Morgan fingerprint density at radius 1 is 1.26 bits per heavy atom. The molecule has 1 unspecified atom stereocenters. The Hall–Kier alpha value is -1.43. The van der Waals surface area contributed by atoms with E-state index in [1.807, 2.05) is 18.2 Å². The Bertz CT molecular complexity index is 544. The largest absolute Gasteiger partial charge is 0.398 e. The van der Waals surface area contributed by atoms with Gasteiger partial charge < -0.3 is 5.73 Å². The van der Waals surface area contributed by atoms with Gasteiger partial charge >= 0.3 is 0 Å². The molecule has 0 aliphatic rings. The molecule has 1 heterocycles. The summed E-state index contributed by atoms with van der Waals surface area (Å²) in [4.78, 5) is 4.10. The fourth-order valence-corrected chi connectivity index (χ4v) is 2.46. The quantitative estimate of drug-likeness (QED) is 0.582. The number of anilines is 1. The van der Waals surface area contributed by atoms with Gasteiger partial charge in [-0.1, -0.05) is 28.1 Å². The molecule has 0 fully saturated rings. The Labute approximate surface area is 121 Å². The fourth-order valence-electron chi connectivity index (χ4n) is 2.01. The summed E-state index contributed by atoms with van der Waals surface area (Å²) < 4.78 is 1.07. The lowest BCUT2D eigenvalue weighted by atomic mass is 10.00. The van der Waals surface area contributed by atoms with E-state index in [9.17, 15) is 0 Å². The van der Waals surface area contributed by atoms with E-state index in [0.29, 0.717) is 0 Å². The molecule has 4 nitrogen and oxygen atoms in total. The van der Waals surface area contributed by atoms with Crippen molar-refractivity contribution in [2.45, 2.75) is 18.9 Å². The highest BCUT2D eigenvalue weighted by Gasteiger charge is 2.11. The number of benzene rings is 1. The molecule has 0 aliphatic heterocycles. The van der Waals surface area contributed by atoms with Crippen molar-refractivity contribution in [1.82, 2.24) is 10.4 Å². The van der Waals surface area contributed by atoms with E-state index < -0.39 is 0 Å². The van der Waals surface area contributed by atoms with Crippen molar-refractivity contribution in [3.8, 4) is 0 Å². The number of nitrogens with two attached hydrogens (primary N) is 2. The van der Waals surface area contributed by atoms with Crippen LogP contribution in [0.1, 0.15) is 11.1 Å². The third kappa shape index (κ3) is 4.02. The van der Waals surface area contributed by atoms with E-state index in [1.54, 1.807) is 12.4 Å². The molecule has 5 heteroatoms. The second-order valence-corrected chi connectivity index (χ2v) is 5.39. The zero-order chi connectivity index (χ0) is 13.7. The highest BCUT2D eigenvalue weighted by atomic mass is 79.9. The standard InChI is InChI=1S/C14H17BrN4/c15-12-3-1-2-10(6-12)7-13(19-17)8-11-9-18-5-4-14(11)16/h1-6,9,13,19H,7-8,17H2,(H2,16,18).